The van der Waals surface area contributed by atoms with Crippen molar-refractivity contribution in [1.82, 2.24) is 15.1 Å². The molecular formula is C17H22ClN3O2. The smallest absolute Gasteiger partial charge is 0.228 e. The van der Waals surface area contributed by atoms with Crippen LogP contribution in [0.25, 0.3) is 0 Å². The number of rotatable bonds is 3. The van der Waals surface area contributed by atoms with Crippen LogP contribution in [0.5, 0.6) is 0 Å². The van der Waals surface area contributed by atoms with Gasteiger partial charge in [-0.1, -0.05) is 23.7 Å². The van der Waals surface area contributed by atoms with Gasteiger partial charge in [-0.05, 0) is 30.7 Å². The second kappa shape index (κ2) is 6.49. The third-order valence-electron chi connectivity index (χ3n) is 5.02. The average Bonchev–Trinajstić information content (AvgIpc) is 3.15. The molecule has 2 fully saturated rings. The van der Waals surface area contributed by atoms with Crippen LogP contribution >= 0.6 is 11.6 Å². The van der Waals surface area contributed by atoms with Gasteiger partial charge in [0.25, 0.3) is 0 Å². The molecule has 3 atom stereocenters. The minimum atomic E-state index is -0.350. The van der Waals surface area contributed by atoms with Crippen molar-refractivity contribution in [2.45, 2.75) is 24.9 Å². The van der Waals surface area contributed by atoms with Gasteiger partial charge in [0.1, 0.15) is 0 Å². The van der Waals surface area contributed by atoms with Crippen molar-refractivity contribution in [3.8, 4) is 0 Å². The van der Waals surface area contributed by atoms with Gasteiger partial charge in [0.05, 0.1) is 12.0 Å². The van der Waals surface area contributed by atoms with Gasteiger partial charge in [0.2, 0.25) is 11.8 Å². The van der Waals surface area contributed by atoms with Crippen molar-refractivity contribution in [3.63, 3.8) is 0 Å². The Bertz CT molecular complexity index is 616. The van der Waals surface area contributed by atoms with E-state index in [0.717, 1.165) is 25.1 Å². The van der Waals surface area contributed by atoms with Crippen LogP contribution in [0, 0.1) is 5.92 Å². The maximum Gasteiger partial charge on any atom is 0.228 e. The summed E-state index contributed by atoms with van der Waals surface area (Å²) in [5.41, 5.74) is 0.919. The van der Waals surface area contributed by atoms with E-state index in [1.165, 1.54) is 0 Å². The van der Waals surface area contributed by atoms with Crippen LogP contribution in [0.2, 0.25) is 5.02 Å². The molecule has 3 rings (SSSR count). The maximum atomic E-state index is 13.0. The quantitative estimate of drug-likeness (QED) is 0.914. The van der Waals surface area contributed by atoms with Crippen LogP contribution in [-0.4, -0.2) is 54.8 Å². The number of benzene rings is 1. The van der Waals surface area contributed by atoms with Crippen LogP contribution in [0.15, 0.2) is 24.3 Å². The van der Waals surface area contributed by atoms with Gasteiger partial charge in [-0.15, -0.1) is 0 Å². The SMILES string of the molecule is CN(C(=O)[C@@H]1CC(=O)N(C)[C@H]1c1cccc(Cl)c1)[C@@H]1CCNC1. The molecule has 1 aromatic carbocycles. The number of nitrogens with one attached hydrogen (secondary N) is 1. The molecule has 0 unspecified atom stereocenters. The zero-order valence-electron chi connectivity index (χ0n) is 13.5. The van der Waals surface area contributed by atoms with E-state index in [4.69, 9.17) is 11.6 Å². The number of carbonyl (C=O) groups excluding carboxylic acids is 2. The molecule has 2 amide bonds. The van der Waals surface area contributed by atoms with Gasteiger partial charge in [-0.25, -0.2) is 0 Å². The first-order valence-corrected chi connectivity index (χ1v) is 8.35. The standard InChI is InChI=1S/C17H22ClN3O2/c1-20(13-6-7-19-10-13)17(23)14-9-15(22)21(2)16(14)11-4-3-5-12(18)8-11/h3-5,8,13-14,16,19H,6-7,9-10H2,1-2H3/t13-,14-,16+/m1/s1. The van der Waals surface area contributed by atoms with E-state index in [2.05, 4.69) is 5.32 Å². The van der Waals surface area contributed by atoms with Crippen LogP contribution in [0.3, 0.4) is 0 Å². The van der Waals surface area contributed by atoms with E-state index >= 15 is 0 Å². The Hall–Kier alpha value is -1.59. The number of likely N-dealkylation sites (N-methyl/N-ethyl adjacent to an activating group) is 1. The number of halogens is 1. The van der Waals surface area contributed by atoms with E-state index in [-0.39, 0.29) is 36.2 Å². The summed E-state index contributed by atoms with van der Waals surface area (Å²) in [6.07, 6.45) is 1.22. The molecule has 0 saturated carbocycles. The van der Waals surface area contributed by atoms with Gasteiger partial charge < -0.3 is 15.1 Å². The summed E-state index contributed by atoms with van der Waals surface area (Å²) >= 11 is 6.09. The van der Waals surface area contributed by atoms with Crippen LogP contribution in [0.4, 0.5) is 0 Å². The van der Waals surface area contributed by atoms with E-state index < -0.39 is 0 Å². The fourth-order valence-corrected chi connectivity index (χ4v) is 3.85. The number of likely N-dealkylation sites (tertiary alicyclic amines) is 1. The molecule has 2 saturated heterocycles. The molecular weight excluding hydrogens is 314 g/mol. The lowest BCUT2D eigenvalue weighted by molar-refractivity contribution is -0.137. The van der Waals surface area contributed by atoms with Crippen LogP contribution in [-0.2, 0) is 9.59 Å². The highest BCUT2D eigenvalue weighted by molar-refractivity contribution is 6.30. The van der Waals surface area contributed by atoms with Crippen LogP contribution in [0.1, 0.15) is 24.4 Å². The first kappa shape index (κ1) is 16.3. The highest BCUT2D eigenvalue weighted by Crippen LogP contribution is 2.39. The van der Waals surface area contributed by atoms with Crippen molar-refractivity contribution in [3.05, 3.63) is 34.9 Å². The summed E-state index contributed by atoms with van der Waals surface area (Å²) in [7, 11) is 3.61. The lowest BCUT2D eigenvalue weighted by Gasteiger charge is -2.30. The third kappa shape index (κ3) is 3.08. The Balaban J connectivity index is 1.86. The molecule has 6 heteroatoms. The number of amides is 2. The second-order valence-corrected chi connectivity index (χ2v) is 6.85. The summed E-state index contributed by atoms with van der Waals surface area (Å²) in [6.45, 7) is 1.75. The molecule has 2 heterocycles. The topological polar surface area (TPSA) is 52.7 Å². The second-order valence-electron chi connectivity index (χ2n) is 6.41. The van der Waals surface area contributed by atoms with Gasteiger partial charge in [0.15, 0.2) is 0 Å². The van der Waals surface area contributed by atoms with Crippen molar-refractivity contribution in [2.75, 3.05) is 27.2 Å². The molecule has 23 heavy (non-hydrogen) atoms. The third-order valence-corrected chi connectivity index (χ3v) is 5.26. The highest BCUT2D eigenvalue weighted by Gasteiger charge is 2.44. The molecule has 2 aliphatic rings. The predicted octanol–water partition coefficient (Wildman–Crippen LogP) is 1.68. The lowest BCUT2D eigenvalue weighted by atomic mass is 9.92. The van der Waals surface area contributed by atoms with Gasteiger partial charge in [0, 0.05) is 38.1 Å². The first-order valence-electron chi connectivity index (χ1n) is 7.97. The minimum absolute atomic E-state index is 0.00581. The Kier molecular flexibility index (Phi) is 4.60. The van der Waals surface area contributed by atoms with E-state index in [1.54, 1.807) is 18.0 Å². The molecule has 1 N–H and O–H groups in total. The molecule has 0 aromatic heterocycles. The van der Waals surface area contributed by atoms with Gasteiger partial charge >= 0.3 is 0 Å². The normalized spacial score (nSPS) is 27.5. The summed E-state index contributed by atoms with van der Waals surface area (Å²) in [4.78, 5) is 28.7. The fraction of sp³-hybridized carbons (Fsp3) is 0.529. The lowest BCUT2D eigenvalue weighted by Crippen LogP contribution is -2.43. The highest BCUT2D eigenvalue weighted by atomic mass is 35.5. The summed E-state index contributed by atoms with van der Waals surface area (Å²) < 4.78 is 0. The zero-order chi connectivity index (χ0) is 16.6. The Labute approximate surface area is 141 Å². The minimum Gasteiger partial charge on any atom is -0.341 e. The number of hydrogen-bond donors (Lipinski definition) is 1. The number of carbonyl (C=O) groups is 2. The van der Waals surface area contributed by atoms with Gasteiger partial charge in [-0.3, -0.25) is 9.59 Å². The first-order chi connectivity index (χ1) is 11.0. The number of hydrogen-bond acceptors (Lipinski definition) is 3. The van der Waals surface area contributed by atoms with E-state index in [9.17, 15) is 9.59 Å². The summed E-state index contributed by atoms with van der Waals surface area (Å²) in [5, 5.41) is 3.90. The van der Waals surface area contributed by atoms with Crippen molar-refractivity contribution in [1.29, 1.82) is 0 Å². The molecule has 0 aliphatic carbocycles. The monoisotopic (exact) mass is 335 g/mol. The summed E-state index contributed by atoms with van der Waals surface area (Å²) in [5.74, 6) is -0.302. The molecule has 0 spiro atoms. The number of nitrogens with zero attached hydrogens (tertiary/aromatic N) is 2. The molecule has 0 bridgehead atoms. The fourth-order valence-electron chi connectivity index (χ4n) is 3.65. The van der Waals surface area contributed by atoms with Crippen molar-refractivity contribution >= 4 is 23.4 Å². The Morgan fingerprint density at radius 1 is 1.43 bits per heavy atom. The largest absolute Gasteiger partial charge is 0.341 e. The predicted molar refractivity (Wildman–Crippen MR) is 89.1 cm³/mol. The Morgan fingerprint density at radius 3 is 2.87 bits per heavy atom. The van der Waals surface area contributed by atoms with Gasteiger partial charge in [-0.2, -0.15) is 0 Å². The Morgan fingerprint density at radius 2 is 2.22 bits per heavy atom. The molecule has 1 aromatic rings. The van der Waals surface area contributed by atoms with Crippen molar-refractivity contribution < 1.29 is 9.59 Å². The van der Waals surface area contributed by atoms with Crippen molar-refractivity contribution in [2.24, 2.45) is 5.92 Å². The van der Waals surface area contributed by atoms with E-state index in [0.29, 0.717) is 5.02 Å². The van der Waals surface area contributed by atoms with Crippen LogP contribution < -0.4 is 5.32 Å². The zero-order valence-corrected chi connectivity index (χ0v) is 14.2. The molecule has 5 nitrogen and oxygen atoms in total. The maximum absolute atomic E-state index is 13.0. The average molecular weight is 336 g/mol. The summed E-state index contributed by atoms with van der Waals surface area (Å²) in [6, 6.07) is 7.41. The molecule has 124 valence electrons. The molecule has 2 aliphatic heterocycles. The van der Waals surface area contributed by atoms with E-state index in [1.807, 2.05) is 30.1 Å². The molecule has 0 radical (unpaired) electrons.